The molecule has 0 bridgehead atoms. The molecule has 9 heteroatoms. The number of pyridine rings is 1. The zero-order chi connectivity index (χ0) is 22.7. The van der Waals surface area contributed by atoms with Gasteiger partial charge in [-0.2, -0.15) is 10.1 Å². The van der Waals surface area contributed by atoms with E-state index in [4.69, 9.17) is 19.8 Å². The zero-order valence-corrected chi connectivity index (χ0v) is 19.7. The summed E-state index contributed by atoms with van der Waals surface area (Å²) < 4.78 is 7.57. The summed E-state index contributed by atoms with van der Waals surface area (Å²) in [5.41, 5.74) is 3.89. The van der Waals surface area contributed by atoms with Gasteiger partial charge in [-0.3, -0.25) is 4.68 Å². The standard InChI is InChI=1S/C23H34N8O/c1-6-18-20-21(31(29-18)10-11-32-7-2)22(26-19-12-15(3)8-9-24-19)28-23(27-20)30-14-16(4)25-13-17(30)5/h8-9,12,16-17,25H,6-7,10-11,13-14H2,1-5H3,(H,24,26,27,28)/t16-,17+/m1/s1. The van der Waals surface area contributed by atoms with E-state index in [9.17, 15) is 0 Å². The van der Waals surface area contributed by atoms with Gasteiger partial charge in [0.05, 0.1) is 18.8 Å². The van der Waals surface area contributed by atoms with Gasteiger partial charge in [-0.05, 0) is 51.8 Å². The molecule has 0 amide bonds. The molecule has 0 aliphatic carbocycles. The third-order valence-electron chi connectivity index (χ3n) is 5.81. The van der Waals surface area contributed by atoms with Gasteiger partial charge in [0, 0.05) is 38.0 Å². The molecule has 0 unspecified atom stereocenters. The van der Waals surface area contributed by atoms with E-state index in [-0.39, 0.29) is 0 Å². The van der Waals surface area contributed by atoms with Crippen molar-refractivity contribution in [1.29, 1.82) is 0 Å². The minimum Gasteiger partial charge on any atom is -0.380 e. The highest BCUT2D eigenvalue weighted by atomic mass is 16.5. The quantitative estimate of drug-likeness (QED) is 0.519. The first-order valence-electron chi connectivity index (χ1n) is 11.5. The van der Waals surface area contributed by atoms with Crippen LogP contribution in [0, 0.1) is 6.92 Å². The molecular weight excluding hydrogens is 404 g/mol. The first-order valence-corrected chi connectivity index (χ1v) is 11.5. The molecule has 0 aromatic carbocycles. The molecule has 1 fully saturated rings. The summed E-state index contributed by atoms with van der Waals surface area (Å²) in [5.74, 6) is 2.21. The Morgan fingerprint density at radius 1 is 1.25 bits per heavy atom. The Balaban J connectivity index is 1.84. The molecule has 0 saturated carbocycles. The minimum atomic E-state index is 0.298. The maximum atomic E-state index is 5.60. The fourth-order valence-electron chi connectivity index (χ4n) is 4.07. The lowest BCUT2D eigenvalue weighted by Crippen LogP contribution is -2.55. The van der Waals surface area contributed by atoms with Gasteiger partial charge >= 0.3 is 0 Å². The van der Waals surface area contributed by atoms with Crippen molar-refractivity contribution < 1.29 is 4.74 Å². The van der Waals surface area contributed by atoms with Gasteiger partial charge in [-0.15, -0.1) is 0 Å². The number of anilines is 3. The number of fused-ring (bicyclic) bond motifs is 1. The SMILES string of the molecule is CCOCCn1nc(CC)c2nc(N3C[C@@H](C)NC[C@@H]3C)nc(Nc3cc(C)ccn3)c21. The molecule has 32 heavy (non-hydrogen) atoms. The second-order valence-corrected chi connectivity index (χ2v) is 8.44. The Labute approximate surface area is 189 Å². The van der Waals surface area contributed by atoms with Crippen molar-refractivity contribution >= 4 is 28.6 Å². The number of ether oxygens (including phenoxy) is 1. The van der Waals surface area contributed by atoms with Crippen LogP contribution in [0.2, 0.25) is 0 Å². The molecule has 3 aromatic rings. The van der Waals surface area contributed by atoms with Crippen LogP contribution in [0.25, 0.3) is 11.0 Å². The molecule has 4 heterocycles. The van der Waals surface area contributed by atoms with Crippen molar-refractivity contribution in [1.82, 2.24) is 30.0 Å². The lowest BCUT2D eigenvalue weighted by atomic mass is 10.1. The predicted octanol–water partition coefficient (Wildman–Crippen LogP) is 3.06. The second-order valence-electron chi connectivity index (χ2n) is 8.44. The van der Waals surface area contributed by atoms with Crippen molar-refractivity contribution in [2.24, 2.45) is 0 Å². The summed E-state index contributed by atoms with van der Waals surface area (Å²) >= 11 is 0. The van der Waals surface area contributed by atoms with Crippen LogP contribution in [0.1, 0.15) is 39.0 Å². The first-order chi connectivity index (χ1) is 15.5. The highest BCUT2D eigenvalue weighted by molar-refractivity contribution is 5.90. The number of aryl methyl sites for hydroxylation is 2. The van der Waals surface area contributed by atoms with E-state index in [1.54, 1.807) is 6.20 Å². The van der Waals surface area contributed by atoms with Gasteiger partial charge in [0.1, 0.15) is 16.9 Å². The smallest absolute Gasteiger partial charge is 0.228 e. The van der Waals surface area contributed by atoms with Crippen LogP contribution in [0.3, 0.4) is 0 Å². The number of nitrogens with one attached hydrogen (secondary N) is 2. The number of rotatable bonds is 8. The van der Waals surface area contributed by atoms with Crippen LogP contribution in [0.4, 0.5) is 17.6 Å². The van der Waals surface area contributed by atoms with Crippen LogP contribution in [-0.4, -0.2) is 63.1 Å². The molecule has 2 atom stereocenters. The van der Waals surface area contributed by atoms with E-state index in [0.717, 1.165) is 59.4 Å². The normalized spacial score (nSPS) is 19.0. The fourth-order valence-corrected chi connectivity index (χ4v) is 4.07. The van der Waals surface area contributed by atoms with E-state index >= 15 is 0 Å². The molecule has 3 aromatic heterocycles. The molecular formula is C23H34N8O. The summed E-state index contributed by atoms with van der Waals surface area (Å²) in [6, 6.07) is 4.68. The molecule has 1 saturated heterocycles. The predicted molar refractivity (Wildman–Crippen MR) is 128 cm³/mol. The number of nitrogens with zero attached hydrogens (tertiary/aromatic N) is 6. The summed E-state index contributed by atoms with van der Waals surface area (Å²) in [6.45, 7) is 14.2. The molecule has 1 aliphatic rings. The number of piperazine rings is 1. The molecule has 4 rings (SSSR count). The summed E-state index contributed by atoms with van der Waals surface area (Å²) in [6.07, 6.45) is 2.60. The molecule has 0 radical (unpaired) electrons. The van der Waals surface area contributed by atoms with Crippen molar-refractivity contribution in [3.8, 4) is 0 Å². The maximum absolute atomic E-state index is 5.60. The average Bonchev–Trinajstić information content (AvgIpc) is 3.13. The van der Waals surface area contributed by atoms with Gasteiger partial charge in [0.15, 0.2) is 5.82 Å². The number of aromatic nitrogens is 5. The van der Waals surface area contributed by atoms with Gasteiger partial charge < -0.3 is 20.3 Å². The zero-order valence-electron chi connectivity index (χ0n) is 19.7. The van der Waals surface area contributed by atoms with Crippen molar-refractivity contribution in [2.75, 3.05) is 36.5 Å². The maximum Gasteiger partial charge on any atom is 0.228 e. The lowest BCUT2D eigenvalue weighted by Gasteiger charge is -2.37. The summed E-state index contributed by atoms with van der Waals surface area (Å²) in [4.78, 5) is 16.8. The Morgan fingerprint density at radius 3 is 2.84 bits per heavy atom. The van der Waals surface area contributed by atoms with Crippen molar-refractivity contribution in [2.45, 2.75) is 59.7 Å². The Kier molecular flexibility index (Phi) is 6.86. The number of hydrogen-bond acceptors (Lipinski definition) is 8. The Bertz CT molecular complexity index is 1070. The highest BCUT2D eigenvalue weighted by Crippen LogP contribution is 2.30. The third kappa shape index (κ3) is 4.68. The minimum absolute atomic E-state index is 0.298. The molecule has 2 N–H and O–H groups in total. The Hall–Kier alpha value is -2.78. The van der Waals surface area contributed by atoms with E-state index in [1.807, 2.05) is 23.7 Å². The van der Waals surface area contributed by atoms with Gasteiger partial charge in [0.25, 0.3) is 0 Å². The van der Waals surface area contributed by atoms with Crippen molar-refractivity contribution in [3.63, 3.8) is 0 Å². The van der Waals surface area contributed by atoms with Crippen LogP contribution >= 0.6 is 0 Å². The molecule has 0 spiro atoms. The van der Waals surface area contributed by atoms with Crippen LogP contribution in [0.5, 0.6) is 0 Å². The summed E-state index contributed by atoms with van der Waals surface area (Å²) in [5, 5.41) is 11.8. The molecule has 1 aliphatic heterocycles. The van der Waals surface area contributed by atoms with E-state index in [2.05, 4.69) is 48.2 Å². The van der Waals surface area contributed by atoms with E-state index in [0.29, 0.717) is 31.8 Å². The van der Waals surface area contributed by atoms with Gasteiger partial charge in [-0.25, -0.2) is 9.97 Å². The van der Waals surface area contributed by atoms with Gasteiger partial charge in [-0.1, -0.05) is 6.92 Å². The second kappa shape index (κ2) is 9.79. The average molecular weight is 439 g/mol. The lowest BCUT2D eigenvalue weighted by molar-refractivity contribution is 0.137. The monoisotopic (exact) mass is 438 g/mol. The molecule has 9 nitrogen and oxygen atoms in total. The number of hydrogen-bond donors (Lipinski definition) is 2. The van der Waals surface area contributed by atoms with Crippen LogP contribution < -0.4 is 15.5 Å². The topological polar surface area (TPSA) is 93.0 Å². The van der Waals surface area contributed by atoms with Crippen LogP contribution in [0.15, 0.2) is 18.3 Å². The fraction of sp³-hybridized carbons (Fsp3) is 0.565. The largest absolute Gasteiger partial charge is 0.380 e. The van der Waals surface area contributed by atoms with E-state index in [1.165, 1.54) is 0 Å². The van der Waals surface area contributed by atoms with Gasteiger partial charge in [0.2, 0.25) is 5.95 Å². The van der Waals surface area contributed by atoms with Crippen LogP contribution in [-0.2, 0) is 17.7 Å². The first kappa shape index (κ1) is 22.4. The van der Waals surface area contributed by atoms with Crippen molar-refractivity contribution in [3.05, 3.63) is 29.6 Å². The third-order valence-corrected chi connectivity index (χ3v) is 5.81. The van der Waals surface area contributed by atoms with E-state index < -0.39 is 0 Å². The molecule has 172 valence electrons. The Morgan fingerprint density at radius 2 is 2.09 bits per heavy atom. The summed E-state index contributed by atoms with van der Waals surface area (Å²) in [7, 11) is 0. The highest BCUT2D eigenvalue weighted by Gasteiger charge is 2.27.